The second-order valence-electron chi connectivity index (χ2n) is 9.03. The van der Waals surface area contributed by atoms with Crippen molar-refractivity contribution in [2.24, 2.45) is 0 Å². The number of piperidine rings is 1. The number of amides is 1. The minimum atomic E-state index is 0.115. The summed E-state index contributed by atoms with van der Waals surface area (Å²) in [5, 5.41) is 5.48. The van der Waals surface area contributed by atoms with Crippen LogP contribution in [0, 0.1) is 0 Å². The van der Waals surface area contributed by atoms with Crippen LogP contribution in [0.25, 0.3) is 21.3 Å². The highest BCUT2D eigenvalue weighted by atomic mass is 32.1. The number of fused-ring (bicyclic) bond motifs is 1. The van der Waals surface area contributed by atoms with Crippen molar-refractivity contribution in [3.05, 3.63) is 107 Å². The molecule has 0 saturated carbocycles. The van der Waals surface area contributed by atoms with Gasteiger partial charge in [-0.05, 0) is 53.8 Å². The molecule has 5 aromatic rings. The molecule has 0 aliphatic carbocycles. The zero-order valence-electron chi connectivity index (χ0n) is 19.4. The smallest absolute Gasteiger partial charge is 0.254 e. The lowest BCUT2D eigenvalue weighted by Gasteiger charge is -2.31. The molecule has 1 saturated heterocycles. The molecule has 1 aliphatic heterocycles. The number of carbonyl (C=O) groups is 1. The van der Waals surface area contributed by atoms with Crippen molar-refractivity contribution in [3.63, 3.8) is 0 Å². The molecule has 3 aromatic carbocycles. The predicted molar refractivity (Wildman–Crippen MR) is 141 cm³/mol. The van der Waals surface area contributed by atoms with Crippen LogP contribution in [0.4, 0.5) is 0 Å². The van der Waals surface area contributed by atoms with Crippen LogP contribution < -0.4 is 0 Å². The van der Waals surface area contributed by atoms with Crippen molar-refractivity contribution in [3.8, 4) is 11.1 Å². The first-order chi connectivity index (χ1) is 17.2. The van der Waals surface area contributed by atoms with Crippen molar-refractivity contribution in [1.82, 2.24) is 19.7 Å². The van der Waals surface area contributed by atoms with Crippen LogP contribution in [-0.2, 0) is 6.54 Å². The number of para-hydroxylation sites is 1. The van der Waals surface area contributed by atoms with Gasteiger partial charge < -0.3 is 4.90 Å². The van der Waals surface area contributed by atoms with Gasteiger partial charge in [0.05, 0.1) is 21.8 Å². The third-order valence-electron chi connectivity index (χ3n) is 6.77. The zero-order chi connectivity index (χ0) is 23.6. The van der Waals surface area contributed by atoms with Gasteiger partial charge in [0.1, 0.15) is 0 Å². The molecule has 1 amide bonds. The lowest BCUT2D eigenvalue weighted by atomic mass is 9.94. The summed E-state index contributed by atoms with van der Waals surface area (Å²) in [6.45, 7) is 2.25. The minimum absolute atomic E-state index is 0.115. The first-order valence-electron chi connectivity index (χ1n) is 12.0. The van der Waals surface area contributed by atoms with E-state index in [1.807, 2.05) is 52.2 Å². The molecule has 0 spiro atoms. The topological polar surface area (TPSA) is 51.0 Å². The lowest BCUT2D eigenvalue weighted by Crippen LogP contribution is -2.38. The van der Waals surface area contributed by atoms with E-state index in [2.05, 4.69) is 47.6 Å². The van der Waals surface area contributed by atoms with Crippen molar-refractivity contribution in [1.29, 1.82) is 0 Å². The fourth-order valence-corrected chi connectivity index (χ4v) is 5.99. The third-order valence-corrected chi connectivity index (χ3v) is 7.97. The van der Waals surface area contributed by atoms with Gasteiger partial charge in [-0.25, -0.2) is 4.98 Å². The second-order valence-corrected chi connectivity index (χ2v) is 10.1. The number of aromatic nitrogens is 3. The Morgan fingerprint density at radius 3 is 2.46 bits per heavy atom. The van der Waals surface area contributed by atoms with Crippen molar-refractivity contribution in [2.75, 3.05) is 13.1 Å². The van der Waals surface area contributed by atoms with E-state index in [1.54, 1.807) is 17.5 Å². The molecule has 35 heavy (non-hydrogen) atoms. The summed E-state index contributed by atoms with van der Waals surface area (Å²) in [6, 6.07) is 26.6. The molecule has 0 atom stereocenters. The van der Waals surface area contributed by atoms with Crippen molar-refractivity contribution < 1.29 is 4.79 Å². The molecule has 0 unspecified atom stereocenters. The summed E-state index contributed by atoms with van der Waals surface area (Å²) in [5.41, 5.74) is 5.07. The van der Waals surface area contributed by atoms with Gasteiger partial charge in [-0.15, -0.1) is 11.3 Å². The highest BCUT2D eigenvalue weighted by molar-refractivity contribution is 7.18. The Labute approximate surface area is 208 Å². The molecular formula is C29H26N4OS. The van der Waals surface area contributed by atoms with Crippen molar-refractivity contribution >= 4 is 27.5 Å². The third kappa shape index (κ3) is 4.49. The quantitative estimate of drug-likeness (QED) is 0.301. The van der Waals surface area contributed by atoms with Crippen LogP contribution in [0.1, 0.15) is 39.7 Å². The molecule has 0 radical (unpaired) electrons. The van der Waals surface area contributed by atoms with Crippen LogP contribution in [-0.4, -0.2) is 38.7 Å². The monoisotopic (exact) mass is 478 g/mol. The number of carbonyl (C=O) groups excluding carboxylic acids is 1. The summed E-state index contributed by atoms with van der Waals surface area (Å²) in [4.78, 5) is 20.4. The summed E-state index contributed by atoms with van der Waals surface area (Å²) >= 11 is 1.79. The fourth-order valence-electron chi connectivity index (χ4n) is 4.86. The highest BCUT2D eigenvalue weighted by Crippen LogP contribution is 2.35. The van der Waals surface area contributed by atoms with E-state index in [-0.39, 0.29) is 5.91 Å². The number of benzene rings is 3. The number of rotatable bonds is 5. The summed E-state index contributed by atoms with van der Waals surface area (Å²) in [5.74, 6) is 0.540. The lowest BCUT2D eigenvalue weighted by molar-refractivity contribution is 0.0713. The van der Waals surface area contributed by atoms with Gasteiger partial charge >= 0.3 is 0 Å². The first-order valence-corrected chi connectivity index (χ1v) is 12.9. The van der Waals surface area contributed by atoms with Gasteiger partial charge in [0.2, 0.25) is 0 Å². The predicted octanol–water partition coefficient (Wildman–Crippen LogP) is 6.23. The maximum Gasteiger partial charge on any atom is 0.254 e. The largest absolute Gasteiger partial charge is 0.339 e. The molecule has 3 heterocycles. The molecule has 174 valence electrons. The van der Waals surface area contributed by atoms with Gasteiger partial charge in [-0.3, -0.25) is 9.48 Å². The number of hydrogen-bond donors (Lipinski definition) is 0. The van der Waals surface area contributed by atoms with Gasteiger partial charge in [-0.1, -0.05) is 54.6 Å². The maximum absolute atomic E-state index is 13.6. The molecule has 0 N–H and O–H groups in total. The van der Waals surface area contributed by atoms with Crippen molar-refractivity contribution in [2.45, 2.75) is 25.3 Å². The van der Waals surface area contributed by atoms with Crippen LogP contribution >= 0.6 is 11.3 Å². The number of nitrogens with zero attached hydrogens (tertiary/aromatic N) is 4. The van der Waals surface area contributed by atoms with E-state index >= 15 is 0 Å². The Morgan fingerprint density at radius 1 is 0.914 bits per heavy atom. The van der Waals surface area contributed by atoms with Crippen LogP contribution in [0.3, 0.4) is 0 Å². The minimum Gasteiger partial charge on any atom is -0.339 e. The molecule has 6 heteroatoms. The standard InChI is InChI=1S/C29H26N4OS/c34-29(32-18-14-23(15-19-32)28-31-26-8-3-4-9-27(26)35-28)25-7-2-1-6-24(25)22-12-10-21(11-13-22)20-33-17-5-16-30-33/h1-13,16-17,23H,14-15,18-20H2. The van der Waals surface area contributed by atoms with E-state index in [9.17, 15) is 4.79 Å². The molecule has 2 aromatic heterocycles. The van der Waals surface area contributed by atoms with E-state index in [4.69, 9.17) is 4.98 Å². The zero-order valence-corrected chi connectivity index (χ0v) is 20.2. The van der Waals surface area contributed by atoms with Gasteiger partial charge in [0.25, 0.3) is 5.91 Å². The summed E-state index contributed by atoms with van der Waals surface area (Å²) < 4.78 is 3.15. The molecule has 0 bridgehead atoms. The van der Waals surface area contributed by atoms with E-state index in [0.29, 0.717) is 5.92 Å². The molecular weight excluding hydrogens is 452 g/mol. The SMILES string of the molecule is O=C(c1ccccc1-c1ccc(Cn2cccn2)cc1)N1CCC(c2nc3ccccc3s2)CC1. The first kappa shape index (κ1) is 21.7. The van der Waals surface area contributed by atoms with Crippen LogP contribution in [0.2, 0.25) is 0 Å². The summed E-state index contributed by atoms with van der Waals surface area (Å²) in [6.07, 6.45) is 5.66. The average Bonchev–Trinajstić information content (AvgIpc) is 3.59. The summed E-state index contributed by atoms with van der Waals surface area (Å²) in [7, 11) is 0. The molecule has 6 rings (SSSR count). The molecule has 1 fully saturated rings. The number of likely N-dealkylation sites (tertiary alicyclic amines) is 1. The van der Waals surface area contributed by atoms with Gasteiger partial charge in [0.15, 0.2) is 0 Å². The van der Waals surface area contributed by atoms with E-state index in [1.165, 1.54) is 15.3 Å². The Hall–Kier alpha value is -3.77. The normalized spacial score (nSPS) is 14.5. The Morgan fingerprint density at radius 2 is 1.69 bits per heavy atom. The molecule has 1 aliphatic rings. The average molecular weight is 479 g/mol. The second kappa shape index (κ2) is 9.47. The van der Waals surface area contributed by atoms with Gasteiger partial charge in [-0.2, -0.15) is 5.10 Å². The fraction of sp³-hybridized carbons (Fsp3) is 0.207. The highest BCUT2D eigenvalue weighted by Gasteiger charge is 2.27. The van der Waals surface area contributed by atoms with Crippen LogP contribution in [0.15, 0.2) is 91.3 Å². The maximum atomic E-state index is 13.6. The Bertz CT molecular complexity index is 1410. The van der Waals surface area contributed by atoms with E-state index in [0.717, 1.165) is 54.7 Å². The Balaban J connectivity index is 1.16. The van der Waals surface area contributed by atoms with E-state index < -0.39 is 0 Å². The molecule has 5 nitrogen and oxygen atoms in total. The Kier molecular flexibility index (Phi) is 5.88. The van der Waals surface area contributed by atoms with Gasteiger partial charge in [0, 0.05) is 37.0 Å². The number of hydrogen-bond acceptors (Lipinski definition) is 4. The number of thiazole rings is 1. The van der Waals surface area contributed by atoms with Crippen LogP contribution in [0.5, 0.6) is 0 Å².